The third kappa shape index (κ3) is 5.30. The molecule has 1 atom stereocenters. The highest BCUT2D eigenvalue weighted by molar-refractivity contribution is 7.92. The molecule has 0 saturated heterocycles. The van der Waals surface area contributed by atoms with Gasteiger partial charge >= 0.3 is 0 Å². The SMILES string of the molecule is COCc1cccc(NC(=O)[C@H](C)N(c2cc(C)ccc2C)S(C)(=O)=O)c1. The van der Waals surface area contributed by atoms with Gasteiger partial charge in [0.05, 0.1) is 18.6 Å². The van der Waals surface area contributed by atoms with Gasteiger partial charge in [-0.25, -0.2) is 8.42 Å². The van der Waals surface area contributed by atoms with E-state index >= 15 is 0 Å². The van der Waals surface area contributed by atoms with E-state index in [0.29, 0.717) is 18.0 Å². The number of anilines is 2. The minimum atomic E-state index is -3.66. The number of benzene rings is 2. The van der Waals surface area contributed by atoms with Gasteiger partial charge < -0.3 is 10.1 Å². The van der Waals surface area contributed by atoms with E-state index in [1.807, 2.05) is 38.1 Å². The van der Waals surface area contributed by atoms with Crippen LogP contribution < -0.4 is 9.62 Å². The van der Waals surface area contributed by atoms with Crippen LogP contribution in [0.3, 0.4) is 0 Å². The number of carbonyl (C=O) groups excluding carboxylic acids is 1. The van der Waals surface area contributed by atoms with Crippen molar-refractivity contribution >= 4 is 27.3 Å². The van der Waals surface area contributed by atoms with Crippen LogP contribution in [0.25, 0.3) is 0 Å². The van der Waals surface area contributed by atoms with Crippen LogP contribution >= 0.6 is 0 Å². The van der Waals surface area contributed by atoms with Gasteiger partial charge in [-0.05, 0) is 55.7 Å². The molecule has 0 bridgehead atoms. The zero-order valence-corrected chi connectivity index (χ0v) is 17.1. The summed E-state index contributed by atoms with van der Waals surface area (Å²) in [6, 6.07) is 11.9. The Kier molecular flexibility index (Phi) is 6.62. The summed E-state index contributed by atoms with van der Waals surface area (Å²) in [5, 5.41) is 2.80. The van der Waals surface area contributed by atoms with Crippen molar-refractivity contribution in [3.05, 3.63) is 59.2 Å². The van der Waals surface area contributed by atoms with Crippen LogP contribution in [0.15, 0.2) is 42.5 Å². The largest absolute Gasteiger partial charge is 0.380 e. The number of aryl methyl sites for hydroxylation is 2. The molecule has 6 nitrogen and oxygen atoms in total. The quantitative estimate of drug-likeness (QED) is 0.787. The van der Waals surface area contributed by atoms with Crippen LogP contribution in [0.4, 0.5) is 11.4 Å². The lowest BCUT2D eigenvalue weighted by molar-refractivity contribution is -0.116. The van der Waals surface area contributed by atoms with Crippen molar-refractivity contribution in [1.29, 1.82) is 0 Å². The Balaban J connectivity index is 2.33. The van der Waals surface area contributed by atoms with Crippen molar-refractivity contribution in [1.82, 2.24) is 0 Å². The Bertz CT molecular complexity index is 925. The van der Waals surface area contributed by atoms with E-state index in [4.69, 9.17) is 4.74 Å². The smallest absolute Gasteiger partial charge is 0.247 e. The standard InChI is InChI=1S/C20H26N2O4S/c1-14-9-10-15(2)19(11-14)22(27(5,24)25)16(3)20(23)21-18-8-6-7-17(12-18)13-26-4/h6-12,16H,13H2,1-5H3,(H,21,23)/t16-/m0/s1. The fraction of sp³-hybridized carbons (Fsp3) is 0.350. The average molecular weight is 391 g/mol. The van der Waals surface area contributed by atoms with Crippen molar-refractivity contribution < 1.29 is 17.9 Å². The topological polar surface area (TPSA) is 75.7 Å². The Morgan fingerprint density at radius 2 is 1.89 bits per heavy atom. The molecule has 146 valence electrons. The fourth-order valence-electron chi connectivity index (χ4n) is 2.89. The van der Waals surface area contributed by atoms with Crippen molar-refractivity contribution in [2.45, 2.75) is 33.4 Å². The summed E-state index contributed by atoms with van der Waals surface area (Å²) >= 11 is 0. The first-order valence-corrected chi connectivity index (χ1v) is 10.4. The summed E-state index contributed by atoms with van der Waals surface area (Å²) in [7, 11) is -2.06. The third-order valence-electron chi connectivity index (χ3n) is 4.20. The highest BCUT2D eigenvalue weighted by atomic mass is 32.2. The molecular weight excluding hydrogens is 364 g/mol. The highest BCUT2D eigenvalue weighted by Crippen LogP contribution is 2.26. The van der Waals surface area contributed by atoms with Crippen LogP contribution in [0.5, 0.6) is 0 Å². The molecule has 0 spiro atoms. The summed E-state index contributed by atoms with van der Waals surface area (Å²) < 4.78 is 31.2. The van der Waals surface area contributed by atoms with Crippen LogP contribution in [-0.4, -0.2) is 33.7 Å². The van der Waals surface area contributed by atoms with E-state index < -0.39 is 22.0 Å². The van der Waals surface area contributed by atoms with Crippen molar-refractivity contribution in [2.75, 3.05) is 23.0 Å². The van der Waals surface area contributed by atoms with Gasteiger partial charge in [0.2, 0.25) is 15.9 Å². The number of ether oxygens (including phenoxy) is 1. The number of sulfonamides is 1. The highest BCUT2D eigenvalue weighted by Gasteiger charge is 2.30. The zero-order chi connectivity index (χ0) is 20.2. The first-order valence-electron chi connectivity index (χ1n) is 8.59. The van der Waals surface area contributed by atoms with Gasteiger partial charge in [-0.15, -0.1) is 0 Å². The monoisotopic (exact) mass is 390 g/mol. The van der Waals surface area contributed by atoms with E-state index in [1.165, 1.54) is 4.31 Å². The van der Waals surface area contributed by atoms with E-state index in [1.54, 1.807) is 32.2 Å². The number of nitrogens with one attached hydrogen (secondary N) is 1. The second-order valence-corrected chi connectivity index (χ2v) is 8.51. The lowest BCUT2D eigenvalue weighted by atomic mass is 10.1. The summed E-state index contributed by atoms with van der Waals surface area (Å²) in [5.41, 5.74) is 3.72. The van der Waals surface area contributed by atoms with E-state index in [9.17, 15) is 13.2 Å². The number of carbonyl (C=O) groups is 1. The molecule has 7 heteroatoms. The lowest BCUT2D eigenvalue weighted by Crippen LogP contribution is -2.45. The lowest BCUT2D eigenvalue weighted by Gasteiger charge is -2.29. The predicted octanol–water partition coefficient (Wildman–Crippen LogP) is 3.24. The first-order chi connectivity index (χ1) is 12.6. The molecule has 0 unspecified atom stereocenters. The zero-order valence-electron chi connectivity index (χ0n) is 16.3. The molecule has 0 saturated carbocycles. The van der Waals surface area contributed by atoms with Gasteiger partial charge in [0, 0.05) is 12.8 Å². The maximum Gasteiger partial charge on any atom is 0.247 e. The van der Waals surface area contributed by atoms with Gasteiger partial charge in [0.15, 0.2) is 0 Å². The molecule has 2 rings (SSSR count). The number of hydrogen-bond acceptors (Lipinski definition) is 4. The second-order valence-electron chi connectivity index (χ2n) is 6.65. The maximum absolute atomic E-state index is 12.8. The molecule has 0 aliphatic rings. The Labute approximate surface area is 161 Å². The molecule has 0 aliphatic heterocycles. The predicted molar refractivity (Wildman–Crippen MR) is 108 cm³/mol. The summed E-state index contributed by atoms with van der Waals surface area (Å²) in [5.74, 6) is -0.407. The molecular formula is C20H26N2O4S. The van der Waals surface area contributed by atoms with Crippen LogP contribution in [0.2, 0.25) is 0 Å². The number of methoxy groups -OCH3 is 1. The third-order valence-corrected chi connectivity index (χ3v) is 5.42. The van der Waals surface area contributed by atoms with E-state index in [-0.39, 0.29) is 0 Å². The van der Waals surface area contributed by atoms with Gasteiger partial charge in [-0.2, -0.15) is 0 Å². The number of amides is 1. The van der Waals surface area contributed by atoms with Crippen molar-refractivity contribution in [3.63, 3.8) is 0 Å². The van der Waals surface area contributed by atoms with Gasteiger partial charge in [0.1, 0.15) is 6.04 Å². The van der Waals surface area contributed by atoms with Crippen LogP contribution in [0.1, 0.15) is 23.6 Å². The summed E-state index contributed by atoms with van der Waals surface area (Å²) in [6.07, 6.45) is 1.11. The van der Waals surface area contributed by atoms with Gasteiger partial charge in [-0.1, -0.05) is 24.3 Å². The number of nitrogens with zero attached hydrogens (tertiary/aromatic N) is 1. The molecule has 0 aromatic heterocycles. The Morgan fingerprint density at radius 3 is 2.52 bits per heavy atom. The normalized spacial score (nSPS) is 12.5. The molecule has 2 aromatic carbocycles. The molecule has 0 fully saturated rings. The van der Waals surface area contributed by atoms with Crippen LogP contribution in [0, 0.1) is 13.8 Å². The average Bonchev–Trinajstić information content (AvgIpc) is 2.57. The minimum Gasteiger partial charge on any atom is -0.380 e. The fourth-order valence-corrected chi connectivity index (χ4v) is 4.11. The van der Waals surface area contributed by atoms with Crippen molar-refractivity contribution in [2.24, 2.45) is 0 Å². The van der Waals surface area contributed by atoms with Crippen LogP contribution in [-0.2, 0) is 26.2 Å². The molecule has 0 radical (unpaired) electrons. The summed E-state index contributed by atoms with van der Waals surface area (Å²) in [4.78, 5) is 12.8. The van der Waals surface area contributed by atoms with E-state index in [2.05, 4.69) is 5.32 Å². The molecule has 1 amide bonds. The molecule has 0 aliphatic carbocycles. The minimum absolute atomic E-state index is 0.407. The molecule has 1 N–H and O–H groups in total. The van der Waals surface area contributed by atoms with Gasteiger partial charge in [0.25, 0.3) is 0 Å². The summed E-state index contributed by atoms with van der Waals surface area (Å²) in [6.45, 7) is 5.72. The molecule has 0 heterocycles. The number of rotatable bonds is 7. The van der Waals surface area contributed by atoms with E-state index in [0.717, 1.165) is 22.9 Å². The van der Waals surface area contributed by atoms with Crippen molar-refractivity contribution in [3.8, 4) is 0 Å². The number of hydrogen-bond donors (Lipinski definition) is 1. The first kappa shape index (κ1) is 20.9. The molecule has 2 aromatic rings. The van der Waals surface area contributed by atoms with Gasteiger partial charge in [-0.3, -0.25) is 9.10 Å². The second kappa shape index (κ2) is 8.54. The maximum atomic E-state index is 12.8. The Hall–Kier alpha value is -2.38. The Morgan fingerprint density at radius 1 is 1.19 bits per heavy atom. The molecule has 27 heavy (non-hydrogen) atoms.